The van der Waals surface area contributed by atoms with Crippen molar-refractivity contribution in [3.05, 3.63) is 35.4 Å². The van der Waals surface area contributed by atoms with Gasteiger partial charge in [0.05, 0.1) is 0 Å². The zero-order valence-corrected chi connectivity index (χ0v) is 12.5. The molecule has 0 aromatic heterocycles. The van der Waals surface area contributed by atoms with E-state index in [0.717, 1.165) is 6.42 Å². The van der Waals surface area contributed by atoms with Crippen LogP contribution in [0.1, 0.15) is 30.9 Å². The van der Waals surface area contributed by atoms with Crippen LogP contribution in [0.4, 0.5) is 0 Å². The zero-order chi connectivity index (χ0) is 12.0. The Hall–Kier alpha value is -0.273. The summed E-state index contributed by atoms with van der Waals surface area (Å²) in [4.78, 5) is 0. The first-order chi connectivity index (χ1) is 7.53. The van der Waals surface area contributed by atoms with Gasteiger partial charge in [-0.25, -0.2) is 0 Å². The molecule has 0 amide bonds. The average molecular weight is 255 g/mol. The van der Waals surface area contributed by atoms with Gasteiger partial charge < -0.3 is 0 Å². The lowest BCUT2D eigenvalue weighted by molar-refractivity contribution is 0.787. The molecule has 0 unspecified atom stereocenters. The van der Waals surface area contributed by atoms with Crippen molar-refractivity contribution in [1.29, 1.82) is 0 Å². The minimum atomic E-state index is -1.42. The van der Waals surface area contributed by atoms with Gasteiger partial charge in [-0.2, -0.15) is 11.1 Å². The molecule has 0 aliphatic rings. The van der Waals surface area contributed by atoms with Gasteiger partial charge in [0.1, 0.15) is 0 Å². The fourth-order valence-corrected chi connectivity index (χ4v) is 2.99. The van der Waals surface area contributed by atoms with Gasteiger partial charge in [-0.15, -0.1) is 0 Å². The molecule has 0 nitrogen and oxygen atoms in total. The number of hydrogen-bond acceptors (Lipinski definition) is 0. The first-order valence-electron chi connectivity index (χ1n) is 6.28. The van der Waals surface area contributed by atoms with Gasteiger partial charge in [0.15, 0.2) is 7.38 Å². The van der Waals surface area contributed by atoms with Crippen LogP contribution in [0.15, 0.2) is 24.3 Å². The fraction of sp³-hybridized carbons (Fsp3) is 0.571. The molecule has 16 heavy (non-hydrogen) atoms. The molecule has 1 aromatic carbocycles. The highest BCUT2D eigenvalue weighted by molar-refractivity contribution is 7.19. The van der Waals surface area contributed by atoms with Crippen LogP contribution in [-0.4, -0.2) is 7.38 Å². The van der Waals surface area contributed by atoms with Crippen LogP contribution in [0.5, 0.6) is 0 Å². The molecule has 2 heteroatoms. The van der Waals surface area contributed by atoms with E-state index in [0.29, 0.717) is 0 Å². The Bertz CT molecular complexity index is 315. The Morgan fingerprint density at radius 3 is 2.12 bits per heavy atom. The van der Waals surface area contributed by atoms with E-state index in [1.165, 1.54) is 36.4 Å². The van der Waals surface area contributed by atoms with Crippen LogP contribution in [0.2, 0.25) is 19.1 Å². The molecule has 0 saturated carbocycles. The van der Waals surface area contributed by atoms with Crippen LogP contribution in [0.3, 0.4) is 0 Å². The Kier molecular flexibility index (Phi) is 5.57. The minimum Gasteiger partial charge on any atom is -0.168 e. The fourth-order valence-electron chi connectivity index (χ4n) is 1.84. The highest BCUT2D eigenvalue weighted by Gasteiger charge is 2.16. The van der Waals surface area contributed by atoms with Crippen molar-refractivity contribution in [2.45, 2.75) is 51.7 Å². The lowest BCUT2D eigenvalue weighted by Gasteiger charge is -2.14. The molecule has 0 fully saturated rings. The summed E-state index contributed by atoms with van der Waals surface area (Å²) in [6.07, 6.45) is 4.93. The summed E-state index contributed by atoms with van der Waals surface area (Å²) < 4.78 is 0. The standard InChI is InChI=1S/C14H23ClSi/c1-4-5-8-13-9-6-7-10-14(13)11-12-16(2,3)15/h6-7,9-10H,4-5,8,11-12H2,1-3H3. The smallest absolute Gasteiger partial charge is 0.150 e. The van der Waals surface area contributed by atoms with E-state index in [1.807, 2.05) is 0 Å². The number of aryl methyl sites for hydroxylation is 2. The zero-order valence-electron chi connectivity index (χ0n) is 10.7. The summed E-state index contributed by atoms with van der Waals surface area (Å²) in [5.74, 6) is 0. The lowest BCUT2D eigenvalue weighted by atomic mass is 10.0. The predicted octanol–water partition coefficient (Wildman–Crippen LogP) is 5.02. The van der Waals surface area contributed by atoms with Gasteiger partial charge in [0.25, 0.3) is 0 Å². The van der Waals surface area contributed by atoms with Gasteiger partial charge in [-0.1, -0.05) is 50.7 Å². The molecule has 0 aliphatic carbocycles. The number of rotatable bonds is 6. The van der Waals surface area contributed by atoms with Crippen LogP contribution in [0, 0.1) is 0 Å². The second-order valence-corrected chi connectivity index (χ2v) is 12.1. The third-order valence-electron chi connectivity index (χ3n) is 2.91. The molecule has 0 saturated heterocycles. The third-order valence-corrected chi connectivity index (χ3v) is 4.91. The summed E-state index contributed by atoms with van der Waals surface area (Å²) in [7, 11) is -1.42. The van der Waals surface area contributed by atoms with Crippen molar-refractivity contribution >= 4 is 18.5 Å². The van der Waals surface area contributed by atoms with Crippen molar-refractivity contribution in [2.75, 3.05) is 0 Å². The van der Waals surface area contributed by atoms with Gasteiger partial charge in [0.2, 0.25) is 0 Å². The second-order valence-electron chi connectivity index (χ2n) is 5.09. The molecule has 0 aliphatic heterocycles. The number of hydrogen-bond donors (Lipinski definition) is 0. The van der Waals surface area contributed by atoms with E-state index in [9.17, 15) is 0 Å². The van der Waals surface area contributed by atoms with Crippen molar-refractivity contribution in [1.82, 2.24) is 0 Å². The SMILES string of the molecule is CCCCc1ccccc1CC[Si](C)(C)Cl. The van der Waals surface area contributed by atoms with E-state index in [4.69, 9.17) is 11.1 Å². The first-order valence-corrected chi connectivity index (χ1v) is 10.5. The van der Waals surface area contributed by atoms with Gasteiger partial charge in [-0.3, -0.25) is 0 Å². The average Bonchev–Trinajstić information content (AvgIpc) is 2.23. The molecule has 0 radical (unpaired) electrons. The van der Waals surface area contributed by atoms with Gasteiger partial charge in [-0.05, 0) is 36.4 Å². The Balaban J connectivity index is 2.63. The highest BCUT2D eigenvalue weighted by atomic mass is 35.6. The third kappa shape index (κ3) is 5.18. The van der Waals surface area contributed by atoms with Crippen molar-refractivity contribution in [3.8, 4) is 0 Å². The lowest BCUT2D eigenvalue weighted by Crippen LogP contribution is -2.17. The molecule has 0 bridgehead atoms. The van der Waals surface area contributed by atoms with Crippen LogP contribution >= 0.6 is 11.1 Å². The second kappa shape index (κ2) is 6.46. The van der Waals surface area contributed by atoms with E-state index in [-0.39, 0.29) is 0 Å². The molecule has 90 valence electrons. The summed E-state index contributed by atoms with van der Waals surface area (Å²) in [6, 6.07) is 10.0. The van der Waals surface area contributed by atoms with Gasteiger partial charge >= 0.3 is 0 Å². The molecule has 0 atom stereocenters. The molecule has 0 heterocycles. The Labute approximate surface area is 106 Å². The van der Waals surface area contributed by atoms with Crippen LogP contribution in [-0.2, 0) is 12.8 Å². The maximum atomic E-state index is 6.38. The maximum absolute atomic E-state index is 6.38. The topological polar surface area (TPSA) is 0 Å². The highest BCUT2D eigenvalue weighted by Crippen LogP contribution is 2.20. The van der Waals surface area contributed by atoms with E-state index in [2.05, 4.69) is 44.3 Å². The van der Waals surface area contributed by atoms with Crippen molar-refractivity contribution in [2.24, 2.45) is 0 Å². The normalized spacial score (nSPS) is 11.8. The molecule has 1 aromatic rings. The minimum absolute atomic E-state index is 1.16. The van der Waals surface area contributed by atoms with Crippen molar-refractivity contribution < 1.29 is 0 Å². The summed E-state index contributed by atoms with van der Waals surface area (Å²) >= 11 is 6.38. The van der Waals surface area contributed by atoms with Crippen LogP contribution in [0.25, 0.3) is 0 Å². The molecule has 0 spiro atoms. The largest absolute Gasteiger partial charge is 0.168 e. The summed E-state index contributed by atoms with van der Waals surface area (Å²) in [5.41, 5.74) is 3.04. The van der Waals surface area contributed by atoms with E-state index >= 15 is 0 Å². The van der Waals surface area contributed by atoms with Crippen molar-refractivity contribution in [3.63, 3.8) is 0 Å². The Morgan fingerprint density at radius 2 is 1.62 bits per heavy atom. The molecular formula is C14H23ClSi. The number of halogens is 1. The monoisotopic (exact) mass is 254 g/mol. The molecule has 1 rings (SSSR count). The van der Waals surface area contributed by atoms with E-state index < -0.39 is 7.38 Å². The van der Waals surface area contributed by atoms with Crippen LogP contribution < -0.4 is 0 Å². The number of benzene rings is 1. The maximum Gasteiger partial charge on any atom is 0.150 e. The van der Waals surface area contributed by atoms with E-state index in [1.54, 1.807) is 0 Å². The Morgan fingerprint density at radius 1 is 1.06 bits per heavy atom. The predicted molar refractivity (Wildman–Crippen MR) is 76.9 cm³/mol. The summed E-state index contributed by atoms with van der Waals surface area (Å²) in [5, 5.41) is 0. The number of unbranched alkanes of at least 4 members (excludes halogenated alkanes) is 1. The summed E-state index contributed by atoms with van der Waals surface area (Å²) in [6.45, 7) is 6.70. The quantitative estimate of drug-likeness (QED) is 0.494. The first kappa shape index (κ1) is 13.8. The van der Waals surface area contributed by atoms with Gasteiger partial charge in [0, 0.05) is 0 Å². The molecule has 0 N–H and O–H groups in total. The molecular weight excluding hydrogens is 232 g/mol.